The van der Waals surface area contributed by atoms with E-state index in [9.17, 15) is 4.79 Å². The average Bonchev–Trinajstić information content (AvgIpc) is 2.87. The van der Waals surface area contributed by atoms with Crippen LogP contribution in [-0.2, 0) is 12.8 Å². The summed E-state index contributed by atoms with van der Waals surface area (Å²) >= 11 is 0. The summed E-state index contributed by atoms with van der Waals surface area (Å²) in [6.45, 7) is 4.15. The van der Waals surface area contributed by atoms with E-state index in [0.717, 1.165) is 36.0 Å². The fourth-order valence-electron chi connectivity index (χ4n) is 3.18. The van der Waals surface area contributed by atoms with Crippen LogP contribution in [0, 0.1) is 6.92 Å². The number of carbonyl (C=O) groups excluding carboxylic acids is 1. The Morgan fingerprint density at radius 3 is 2.81 bits per heavy atom. The van der Waals surface area contributed by atoms with Crippen molar-refractivity contribution in [1.82, 2.24) is 0 Å². The number of nitrogens with two attached hydrogens (primary N) is 1. The van der Waals surface area contributed by atoms with E-state index < -0.39 is 0 Å². The second-order valence-corrected chi connectivity index (χ2v) is 5.90. The summed E-state index contributed by atoms with van der Waals surface area (Å²) in [6, 6.07) is 12.2. The lowest BCUT2D eigenvalue weighted by Crippen LogP contribution is -2.08. The third-order valence-electron chi connectivity index (χ3n) is 4.42. The van der Waals surface area contributed by atoms with Gasteiger partial charge in [-0.15, -0.1) is 0 Å². The molecule has 2 aromatic rings. The predicted molar refractivity (Wildman–Crippen MR) is 85.7 cm³/mol. The van der Waals surface area contributed by atoms with Gasteiger partial charge in [0.1, 0.15) is 0 Å². The van der Waals surface area contributed by atoms with Crippen molar-refractivity contribution in [3.8, 4) is 0 Å². The van der Waals surface area contributed by atoms with E-state index in [1.54, 1.807) is 0 Å². The Balaban J connectivity index is 2.00. The molecule has 0 aromatic heterocycles. The van der Waals surface area contributed by atoms with Gasteiger partial charge in [-0.3, -0.25) is 4.79 Å². The highest BCUT2D eigenvalue weighted by Gasteiger charge is 2.21. The molecule has 0 spiro atoms. The van der Waals surface area contributed by atoms with Gasteiger partial charge in [0.15, 0.2) is 5.78 Å². The van der Waals surface area contributed by atoms with Gasteiger partial charge in [-0.05, 0) is 48.9 Å². The zero-order valence-electron chi connectivity index (χ0n) is 12.6. The molecule has 0 radical (unpaired) electrons. The molecule has 2 heteroatoms. The van der Waals surface area contributed by atoms with Crippen LogP contribution in [0.15, 0.2) is 36.4 Å². The van der Waals surface area contributed by atoms with Crippen LogP contribution in [0.2, 0.25) is 0 Å². The van der Waals surface area contributed by atoms with E-state index in [2.05, 4.69) is 19.9 Å². The highest BCUT2D eigenvalue weighted by atomic mass is 16.1. The quantitative estimate of drug-likeness (QED) is 0.870. The number of hydrogen-bond acceptors (Lipinski definition) is 2. The smallest absolute Gasteiger partial charge is 0.193 e. The number of benzene rings is 2. The maximum Gasteiger partial charge on any atom is 0.193 e. The Morgan fingerprint density at radius 1 is 1.24 bits per heavy atom. The molecule has 2 nitrogen and oxygen atoms in total. The maximum atomic E-state index is 12.8. The van der Waals surface area contributed by atoms with Crippen molar-refractivity contribution in [1.29, 1.82) is 0 Å². The molecule has 0 amide bonds. The van der Waals surface area contributed by atoms with Crippen LogP contribution in [0.25, 0.3) is 0 Å². The first kappa shape index (κ1) is 14.0. The predicted octanol–water partition coefficient (Wildman–Crippen LogP) is 3.73. The summed E-state index contributed by atoms with van der Waals surface area (Å²) in [4.78, 5) is 12.8. The third kappa shape index (κ3) is 2.52. The molecule has 3 rings (SSSR count). The van der Waals surface area contributed by atoms with Crippen molar-refractivity contribution in [2.24, 2.45) is 5.73 Å². The topological polar surface area (TPSA) is 43.1 Å². The van der Waals surface area contributed by atoms with Crippen molar-refractivity contribution in [3.05, 3.63) is 69.8 Å². The Hall–Kier alpha value is -1.93. The first-order chi connectivity index (χ1) is 10.1. The molecule has 2 N–H and O–H groups in total. The van der Waals surface area contributed by atoms with E-state index in [-0.39, 0.29) is 11.8 Å². The number of fused-ring (bicyclic) bond motifs is 1. The van der Waals surface area contributed by atoms with E-state index in [0.29, 0.717) is 0 Å². The standard InChI is InChI=1S/C19H21NO/c1-3-13-10-12(2)4-7-17(13)19(21)15-5-8-16-14(11-15)6-9-18(16)20/h4-5,7-8,10-11,18H,3,6,9,20H2,1-2H3. The van der Waals surface area contributed by atoms with Crippen LogP contribution in [0.3, 0.4) is 0 Å². The molecular formula is C19H21NO. The minimum Gasteiger partial charge on any atom is -0.324 e. The molecule has 0 heterocycles. The number of hydrogen-bond donors (Lipinski definition) is 1. The number of rotatable bonds is 3. The Morgan fingerprint density at radius 2 is 2.05 bits per heavy atom. The summed E-state index contributed by atoms with van der Waals surface area (Å²) in [6.07, 6.45) is 2.84. The zero-order valence-corrected chi connectivity index (χ0v) is 12.6. The van der Waals surface area contributed by atoms with Gasteiger partial charge in [0.05, 0.1) is 0 Å². The molecule has 0 saturated carbocycles. The van der Waals surface area contributed by atoms with Gasteiger partial charge >= 0.3 is 0 Å². The highest BCUT2D eigenvalue weighted by molar-refractivity contribution is 6.10. The van der Waals surface area contributed by atoms with Gasteiger partial charge < -0.3 is 5.73 Å². The van der Waals surface area contributed by atoms with E-state index in [1.807, 2.05) is 30.3 Å². The van der Waals surface area contributed by atoms with Crippen molar-refractivity contribution in [2.45, 2.75) is 39.2 Å². The van der Waals surface area contributed by atoms with Gasteiger partial charge in [-0.2, -0.15) is 0 Å². The van der Waals surface area contributed by atoms with Gasteiger partial charge in [0.2, 0.25) is 0 Å². The highest BCUT2D eigenvalue weighted by Crippen LogP contribution is 2.30. The molecule has 108 valence electrons. The number of aryl methyl sites for hydroxylation is 3. The van der Waals surface area contributed by atoms with Crippen LogP contribution in [0.1, 0.15) is 57.6 Å². The first-order valence-electron chi connectivity index (χ1n) is 7.62. The van der Waals surface area contributed by atoms with Crippen molar-refractivity contribution in [3.63, 3.8) is 0 Å². The van der Waals surface area contributed by atoms with E-state index >= 15 is 0 Å². The third-order valence-corrected chi connectivity index (χ3v) is 4.42. The summed E-state index contributed by atoms with van der Waals surface area (Å²) < 4.78 is 0. The SMILES string of the molecule is CCc1cc(C)ccc1C(=O)c1ccc2c(c1)CCC2N. The van der Waals surface area contributed by atoms with Crippen LogP contribution >= 0.6 is 0 Å². The molecule has 1 aliphatic rings. The minimum absolute atomic E-state index is 0.120. The minimum atomic E-state index is 0.120. The van der Waals surface area contributed by atoms with Gasteiger partial charge in [0, 0.05) is 17.2 Å². The molecule has 1 atom stereocenters. The second kappa shape index (κ2) is 5.45. The number of ketones is 1. The van der Waals surface area contributed by atoms with Crippen LogP contribution in [0.4, 0.5) is 0 Å². The normalized spacial score (nSPS) is 16.8. The lowest BCUT2D eigenvalue weighted by atomic mass is 9.94. The van der Waals surface area contributed by atoms with Crippen molar-refractivity contribution in [2.75, 3.05) is 0 Å². The van der Waals surface area contributed by atoms with Gasteiger partial charge in [-0.1, -0.05) is 42.8 Å². The molecule has 0 bridgehead atoms. The first-order valence-corrected chi connectivity index (χ1v) is 7.62. The lowest BCUT2D eigenvalue weighted by Gasteiger charge is -2.10. The molecule has 21 heavy (non-hydrogen) atoms. The van der Waals surface area contributed by atoms with Crippen molar-refractivity contribution >= 4 is 5.78 Å². The number of carbonyl (C=O) groups is 1. The summed E-state index contributed by atoms with van der Waals surface area (Å²) in [5.74, 6) is 0.120. The maximum absolute atomic E-state index is 12.8. The van der Waals surface area contributed by atoms with Gasteiger partial charge in [0.25, 0.3) is 0 Å². The molecule has 1 aliphatic carbocycles. The Kier molecular flexibility index (Phi) is 3.64. The van der Waals surface area contributed by atoms with Crippen LogP contribution in [-0.4, -0.2) is 5.78 Å². The monoisotopic (exact) mass is 279 g/mol. The zero-order chi connectivity index (χ0) is 15.0. The summed E-state index contributed by atoms with van der Waals surface area (Å²) in [5, 5.41) is 0. The fourth-order valence-corrected chi connectivity index (χ4v) is 3.18. The lowest BCUT2D eigenvalue weighted by molar-refractivity contribution is 0.103. The van der Waals surface area contributed by atoms with Crippen molar-refractivity contribution < 1.29 is 4.79 Å². The van der Waals surface area contributed by atoms with Crippen LogP contribution < -0.4 is 5.73 Å². The molecule has 1 unspecified atom stereocenters. The average molecular weight is 279 g/mol. The fraction of sp³-hybridized carbons (Fsp3) is 0.316. The molecule has 2 aromatic carbocycles. The second-order valence-electron chi connectivity index (χ2n) is 5.90. The largest absolute Gasteiger partial charge is 0.324 e. The Bertz CT molecular complexity index is 703. The summed E-state index contributed by atoms with van der Waals surface area (Å²) in [5.41, 5.74) is 12.4. The summed E-state index contributed by atoms with van der Waals surface area (Å²) in [7, 11) is 0. The van der Waals surface area contributed by atoms with E-state index in [4.69, 9.17) is 5.73 Å². The molecule has 0 aliphatic heterocycles. The molecule has 0 saturated heterocycles. The van der Waals surface area contributed by atoms with Gasteiger partial charge in [-0.25, -0.2) is 0 Å². The Labute approximate surface area is 126 Å². The van der Waals surface area contributed by atoms with Crippen LogP contribution in [0.5, 0.6) is 0 Å². The molecule has 0 fully saturated rings. The molecular weight excluding hydrogens is 258 g/mol. The van der Waals surface area contributed by atoms with E-state index in [1.165, 1.54) is 16.7 Å².